The van der Waals surface area contributed by atoms with Crippen LogP contribution in [0.1, 0.15) is 29.9 Å². The van der Waals surface area contributed by atoms with Crippen molar-refractivity contribution >= 4 is 15.9 Å². The average molecular weight is 303 g/mol. The highest BCUT2D eigenvalue weighted by Gasteiger charge is 2.22. The van der Waals surface area contributed by atoms with Gasteiger partial charge in [-0.2, -0.15) is 0 Å². The van der Waals surface area contributed by atoms with Gasteiger partial charge in [0.15, 0.2) is 0 Å². The predicted octanol–water partition coefficient (Wildman–Crippen LogP) is 4.91. The summed E-state index contributed by atoms with van der Waals surface area (Å²) in [5.41, 5.74) is 2.63. The van der Waals surface area contributed by atoms with Crippen molar-refractivity contribution in [2.75, 3.05) is 0 Å². The number of rotatable bonds is 4. The molecule has 0 heterocycles. The lowest BCUT2D eigenvalue weighted by Crippen LogP contribution is -1.95. The minimum absolute atomic E-state index is 0.613. The van der Waals surface area contributed by atoms with Crippen LogP contribution in [0.2, 0.25) is 0 Å². The molecule has 1 saturated carbocycles. The van der Waals surface area contributed by atoms with Crippen LogP contribution >= 0.6 is 15.9 Å². The maximum absolute atomic E-state index is 5.78. The molecular formula is C16H15BrO. The second-order valence-electron chi connectivity index (χ2n) is 4.76. The maximum Gasteiger partial charge on any atom is 0.119 e. The molecule has 92 valence electrons. The summed E-state index contributed by atoms with van der Waals surface area (Å²) in [5, 5.41) is 0. The van der Waals surface area contributed by atoms with E-state index in [-0.39, 0.29) is 0 Å². The summed E-state index contributed by atoms with van der Waals surface area (Å²) in [6, 6.07) is 16.7. The third-order valence-corrected chi connectivity index (χ3v) is 3.72. The van der Waals surface area contributed by atoms with Crippen molar-refractivity contribution in [3.8, 4) is 5.75 Å². The second kappa shape index (κ2) is 5.15. The van der Waals surface area contributed by atoms with Gasteiger partial charge in [-0.3, -0.25) is 0 Å². The van der Waals surface area contributed by atoms with Gasteiger partial charge in [0, 0.05) is 4.47 Å². The first-order valence-electron chi connectivity index (χ1n) is 6.28. The zero-order chi connectivity index (χ0) is 12.4. The van der Waals surface area contributed by atoms with E-state index in [0.29, 0.717) is 6.61 Å². The molecule has 2 aromatic rings. The monoisotopic (exact) mass is 302 g/mol. The van der Waals surface area contributed by atoms with Crippen molar-refractivity contribution in [1.29, 1.82) is 0 Å². The minimum atomic E-state index is 0.613. The molecule has 0 atom stereocenters. The van der Waals surface area contributed by atoms with Gasteiger partial charge < -0.3 is 4.74 Å². The first-order chi connectivity index (χ1) is 8.81. The van der Waals surface area contributed by atoms with E-state index in [0.717, 1.165) is 16.1 Å². The summed E-state index contributed by atoms with van der Waals surface area (Å²) in [7, 11) is 0. The first-order valence-corrected chi connectivity index (χ1v) is 7.08. The van der Waals surface area contributed by atoms with E-state index in [1.54, 1.807) is 0 Å². The van der Waals surface area contributed by atoms with E-state index >= 15 is 0 Å². The predicted molar refractivity (Wildman–Crippen MR) is 76.9 cm³/mol. The largest absolute Gasteiger partial charge is 0.489 e. The van der Waals surface area contributed by atoms with Crippen LogP contribution in [0.5, 0.6) is 5.75 Å². The van der Waals surface area contributed by atoms with E-state index in [1.165, 1.54) is 24.0 Å². The molecule has 1 aliphatic carbocycles. The molecule has 2 heteroatoms. The van der Waals surface area contributed by atoms with Gasteiger partial charge in [-0.1, -0.05) is 40.2 Å². The SMILES string of the molecule is Brc1cccc(COc2ccc(C3CC3)cc2)c1. The van der Waals surface area contributed by atoms with Gasteiger partial charge in [-0.25, -0.2) is 0 Å². The lowest BCUT2D eigenvalue weighted by Gasteiger charge is -2.07. The van der Waals surface area contributed by atoms with Gasteiger partial charge in [0.25, 0.3) is 0 Å². The fourth-order valence-electron chi connectivity index (χ4n) is 2.05. The quantitative estimate of drug-likeness (QED) is 0.780. The Morgan fingerprint density at radius 1 is 1.06 bits per heavy atom. The van der Waals surface area contributed by atoms with Crippen molar-refractivity contribution in [2.24, 2.45) is 0 Å². The third-order valence-electron chi connectivity index (χ3n) is 3.22. The zero-order valence-electron chi connectivity index (χ0n) is 10.1. The number of hydrogen-bond donors (Lipinski definition) is 0. The number of ether oxygens (including phenoxy) is 1. The topological polar surface area (TPSA) is 9.23 Å². The summed E-state index contributed by atoms with van der Waals surface area (Å²) >= 11 is 3.47. The van der Waals surface area contributed by atoms with Gasteiger partial charge in [0.1, 0.15) is 12.4 Å². The van der Waals surface area contributed by atoms with E-state index in [1.807, 2.05) is 12.1 Å². The zero-order valence-corrected chi connectivity index (χ0v) is 11.7. The molecule has 0 unspecified atom stereocenters. The first kappa shape index (κ1) is 11.8. The smallest absolute Gasteiger partial charge is 0.119 e. The third kappa shape index (κ3) is 2.94. The molecule has 1 aliphatic rings. The van der Waals surface area contributed by atoms with Crippen molar-refractivity contribution in [2.45, 2.75) is 25.4 Å². The molecule has 0 spiro atoms. The van der Waals surface area contributed by atoms with E-state index < -0.39 is 0 Å². The van der Waals surface area contributed by atoms with E-state index in [4.69, 9.17) is 4.74 Å². The Balaban J connectivity index is 1.62. The number of benzene rings is 2. The molecule has 1 fully saturated rings. The minimum Gasteiger partial charge on any atom is -0.489 e. The highest BCUT2D eigenvalue weighted by atomic mass is 79.9. The van der Waals surface area contributed by atoms with Gasteiger partial charge in [-0.05, 0) is 54.2 Å². The van der Waals surface area contributed by atoms with Crippen LogP contribution in [0.25, 0.3) is 0 Å². The Kier molecular flexibility index (Phi) is 3.37. The summed E-state index contributed by atoms with van der Waals surface area (Å²) in [5.74, 6) is 1.75. The molecule has 18 heavy (non-hydrogen) atoms. The number of hydrogen-bond acceptors (Lipinski definition) is 1. The van der Waals surface area contributed by atoms with Crippen molar-refractivity contribution in [3.63, 3.8) is 0 Å². The molecule has 2 aromatic carbocycles. The normalized spacial score (nSPS) is 14.5. The molecular weight excluding hydrogens is 288 g/mol. The van der Waals surface area contributed by atoms with E-state index in [9.17, 15) is 0 Å². The van der Waals surface area contributed by atoms with Gasteiger partial charge >= 0.3 is 0 Å². The lowest BCUT2D eigenvalue weighted by molar-refractivity contribution is 0.306. The Bertz CT molecular complexity index is 529. The summed E-state index contributed by atoms with van der Waals surface area (Å²) in [6.07, 6.45) is 2.69. The van der Waals surface area contributed by atoms with Gasteiger partial charge in [0.05, 0.1) is 0 Å². The van der Waals surface area contributed by atoms with Crippen molar-refractivity contribution < 1.29 is 4.74 Å². The van der Waals surface area contributed by atoms with Gasteiger partial charge in [-0.15, -0.1) is 0 Å². The van der Waals surface area contributed by atoms with Crippen LogP contribution in [-0.2, 0) is 6.61 Å². The highest BCUT2D eigenvalue weighted by Crippen LogP contribution is 2.40. The van der Waals surface area contributed by atoms with Crippen molar-refractivity contribution in [3.05, 3.63) is 64.1 Å². The second-order valence-corrected chi connectivity index (χ2v) is 5.68. The fourth-order valence-corrected chi connectivity index (χ4v) is 2.49. The Morgan fingerprint density at radius 2 is 1.83 bits per heavy atom. The molecule has 0 radical (unpaired) electrons. The van der Waals surface area contributed by atoms with Crippen LogP contribution < -0.4 is 4.74 Å². The fraction of sp³-hybridized carbons (Fsp3) is 0.250. The average Bonchev–Trinajstić information content (AvgIpc) is 3.21. The van der Waals surface area contributed by atoms with Crippen LogP contribution in [0, 0.1) is 0 Å². The summed E-state index contributed by atoms with van der Waals surface area (Å²) < 4.78 is 6.87. The molecule has 0 N–H and O–H groups in total. The molecule has 0 saturated heterocycles. The number of halogens is 1. The van der Waals surface area contributed by atoms with Crippen LogP contribution in [-0.4, -0.2) is 0 Å². The summed E-state index contributed by atoms with van der Waals surface area (Å²) in [4.78, 5) is 0. The molecule has 0 aliphatic heterocycles. The summed E-state index contributed by atoms with van der Waals surface area (Å²) in [6.45, 7) is 0.613. The molecule has 0 aromatic heterocycles. The van der Waals surface area contributed by atoms with Crippen LogP contribution in [0.3, 0.4) is 0 Å². The highest BCUT2D eigenvalue weighted by molar-refractivity contribution is 9.10. The molecule has 0 bridgehead atoms. The Labute approximate surface area is 116 Å². The maximum atomic E-state index is 5.78. The van der Waals surface area contributed by atoms with E-state index in [2.05, 4.69) is 52.3 Å². The standard InChI is InChI=1S/C16H15BrO/c17-15-3-1-2-12(10-15)11-18-16-8-6-14(7-9-16)13-4-5-13/h1-3,6-10,13H,4-5,11H2. The Hall–Kier alpha value is -1.28. The van der Waals surface area contributed by atoms with Crippen LogP contribution in [0.4, 0.5) is 0 Å². The molecule has 3 rings (SSSR count). The lowest BCUT2D eigenvalue weighted by atomic mass is 10.1. The molecule has 1 nitrogen and oxygen atoms in total. The van der Waals surface area contributed by atoms with Crippen molar-refractivity contribution in [1.82, 2.24) is 0 Å². The van der Waals surface area contributed by atoms with Crippen LogP contribution in [0.15, 0.2) is 53.0 Å². The van der Waals surface area contributed by atoms with Gasteiger partial charge in [0.2, 0.25) is 0 Å². The molecule has 0 amide bonds. The Morgan fingerprint density at radius 3 is 2.50 bits per heavy atom.